The third-order valence-electron chi connectivity index (χ3n) is 2.97. The first-order chi connectivity index (χ1) is 9.90. The lowest BCUT2D eigenvalue weighted by Gasteiger charge is -2.14. The van der Waals surface area contributed by atoms with Crippen LogP contribution in [0.1, 0.15) is 31.8 Å². The quantitative estimate of drug-likeness (QED) is 0.897. The Morgan fingerprint density at radius 2 is 1.86 bits per heavy atom. The summed E-state index contributed by atoms with van der Waals surface area (Å²) < 4.78 is 5.69. The highest BCUT2D eigenvalue weighted by Gasteiger charge is 2.15. The summed E-state index contributed by atoms with van der Waals surface area (Å²) in [4.78, 5) is 26.1. The average molecular weight is 286 g/mol. The maximum Gasteiger partial charge on any atom is 0.341 e. The molecule has 1 heterocycles. The number of aryl methyl sites for hydroxylation is 2. The van der Waals surface area contributed by atoms with E-state index < -0.39 is 11.9 Å². The molecule has 0 fully saturated rings. The van der Waals surface area contributed by atoms with Gasteiger partial charge in [-0.1, -0.05) is 0 Å². The zero-order valence-electron chi connectivity index (χ0n) is 11.6. The molecule has 0 atom stereocenters. The van der Waals surface area contributed by atoms with Crippen LogP contribution in [0.5, 0.6) is 11.5 Å². The number of carbonyl (C=O) groups excluding carboxylic acids is 1. The van der Waals surface area contributed by atoms with Crippen molar-refractivity contribution >= 4 is 11.9 Å². The predicted octanol–water partition coefficient (Wildman–Crippen LogP) is 2.29. The summed E-state index contributed by atoms with van der Waals surface area (Å²) >= 11 is 0. The van der Waals surface area contributed by atoms with Crippen molar-refractivity contribution in [3.05, 3.63) is 52.8 Å². The fourth-order valence-corrected chi connectivity index (χ4v) is 1.99. The Kier molecular flexibility index (Phi) is 3.89. The van der Waals surface area contributed by atoms with Crippen molar-refractivity contribution in [2.75, 3.05) is 0 Å². The Morgan fingerprint density at radius 1 is 1.24 bits per heavy atom. The molecule has 0 spiro atoms. The van der Waals surface area contributed by atoms with Crippen LogP contribution in [0.2, 0.25) is 0 Å². The van der Waals surface area contributed by atoms with Crippen molar-refractivity contribution < 1.29 is 19.4 Å². The van der Waals surface area contributed by atoms with Crippen LogP contribution in [-0.2, 0) is 0 Å². The molecule has 1 amide bonds. The van der Waals surface area contributed by atoms with E-state index in [1.165, 1.54) is 18.5 Å². The normalized spacial score (nSPS) is 10.2. The van der Waals surface area contributed by atoms with Crippen LogP contribution >= 0.6 is 0 Å². The number of aromatic carboxylic acids is 1. The van der Waals surface area contributed by atoms with Crippen molar-refractivity contribution in [3.63, 3.8) is 0 Å². The van der Waals surface area contributed by atoms with Crippen molar-refractivity contribution in [2.24, 2.45) is 5.73 Å². The molecule has 3 N–H and O–H groups in total. The van der Waals surface area contributed by atoms with E-state index in [0.717, 1.165) is 0 Å². The summed E-state index contributed by atoms with van der Waals surface area (Å²) in [5.74, 6) is -0.964. The number of carboxylic acids is 1. The van der Waals surface area contributed by atoms with Gasteiger partial charge < -0.3 is 15.6 Å². The minimum atomic E-state index is -1.12. The Morgan fingerprint density at radius 3 is 2.38 bits per heavy atom. The standard InChI is InChI=1S/C15H14N2O4/c1-8-5-10(14(16)18)6-9(2)13(8)21-12-3-4-17-7-11(12)15(19)20/h3-7H,1-2H3,(H2,16,18)(H,19,20). The van der Waals surface area contributed by atoms with Crippen molar-refractivity contribution in [1.29, 1.82) is 0 Å². The third-order valence-corrected chi connectivity index (χ3v) is 2.97. The molecule has 0 saturated carbocycles. The second-order valence-corrected chi connectivity index (χ2v) is 4.58. The summed E-state index contributed by atoms with van der Waals surface area (Å²) in [5.41, 5.74) is 6.98. The van der Waals surface area contributed by atoms with E-state index >= 15 is 0 Å². The molecule has 21 heavy (non-hydrogen) atoms. The molecule has 108 valence electrons. The number of primary amides is 1. The molecule has 2 rings (SSSR count). The highest BCUT2D eigenvalue weighted by molar-refractivity contribution is 5.93. The van der Waals surface area contributed by atoms with Gasteiger partial charge in [0.05, 0.1) is 0 Å². The van der Waals surface area contributed by atoms with Gasteiger partial charge in [0.1, 0.15) is 17.1 Å². The van der Waals surface area contributed by atoms with Crippen LogP contribution in [-0.4, -0.2) is 22.0 Å². The number of aromatic nitrogens is 1. The zero-order chi connectivity index (χ0) is 15.6. The number of benzene rings is 1. The van der Waals surface area contributed by atoms with Gasteiger partial charge in [-0.15, -0.1) is 0 Å². The summed E-state index contributed by atoms with van der Waals surface area (Å²) in [6.07, 6.45) is 2.67. The molecule has 0 unspecified atom stereocenters. The first-order valence-electron chi connectivity index (χ1n) is 6.16. The fraction of sp³-hybridized carbons (Fsp3) is 0.133. The Labute approximate surface area is 121 Å². The van der Waals surface area contributed by atoms with E-state index in [9.17, 15) is 9.59 Å². The largest absolute Gasteiger partial charge is 0.477 e. The lowest BCUT2D eigenvalue weighted by atomic mass is 10.1. The van der Waals surface area contributed by atoms with Crippen LogP contribution in [0.15, 0.2) is 30.6 Å². The Hall–Kier alpha value is -2.89. The molecule has 0 aliphatic rings. The maximum atomic E-state index is 11.2. The number of amides is 1. The lowest BCUT2D eigenvalue weighted by molar-refractivity contribution is 0.0693. The number of hydrogen-bond acceptors (Lipinski definition) is 4. The van der Waals surface area contributed by atoms with Crippen LogP contribution in [0.4, 0.5) is 0 Å². The molecule has 6 heteroatoms. The summed E-state index contributed by atoms with van der Waals surface area (Å²) in [6, 6.07) is 4.68. The van der Waals surface area contributed by atoms with Gasteiger partial charge in [-0.3, -0.25) is 9.78 Å². The van der Waals surface area contributed by atoms with Crippen molar-refractivity contribution in [1.82, 2.24) is 4.98 Å². The molecule has 0 bridgehead atoms. The molecule has 1 aromatic heterocycles. The number of nitrogens with two attached hydrogens (primary N) is 1. The molecular weight excluding hydrogens is 272 g/mol. The smallest absolute Gasteiger partial charge is 0.341 e. The van der Waals surface area contributed by atoms with Crippen LogP contribution < -0.4 is 10.5 Å². The summed E-state index contributed by atoms with van der Waals surface area (Å²) in [7, 11) is 0. The van der Waals surface area contributed by atoms with Gasteiger partial charge in [0.15, 0.2) is 0 Å². The summed E-state index contributed by atoms with van der Waals surface area (Å²) in [5, 5.41) is 9.12. The molecular formula is C15H14N2O4. The molecule has 0 saturated heterocycles. The molecule has 6 nitrogen and oxygen atoms in total. The van der Waals surface area contributed by atoms with Gasteiger partial charge in [0.25, 0.3) is 0 Å². The second kappa shape index (κ2) is 5.62. The van der Waals surface area contributed by atoms with Crippen LogP contribution in [0.25, 0.3) is 0 Å². The van der Waals surface area contributed by atoms with Gasteiger partial charge in [-0.2, -0.15) is 0 Å². The van der Waals surface area contributed by atoms with E-state index in [2.05, 4.69) is 4.98 Å². The second-order valence-electron chi connectivity index (χ2n) is 4.58. The van der Waals surface area contributed by atoms with E-state index in [0.29, 0.717) is 22.4 Å². The monoisotopic (exact) mass is 286 g/mol. The van der Waals surface area contributed by atoms with Crippen LogP contribution in [0, 0.1) is 13.8 Å². The molecule has 0 radical (unpaired) electrons. The van der Waals surface area contributed by atoms with Gasteiger partial charge in [-0.05, 0) is 37.1 Å². The number of nitrogens with zero attached hydrogens (tertiary/aromatic N) is 1. The number of carbonyl (C=O) groups is 2. The van der Waals surface area contributed by atoms with E-state index in [4.69, 9.17) is 15.6 Å². The molecule has 1 aromatic carbocycles. The predicted molar refractivity (Wildman–Crippen MR) is 75.7 cm³/mol. The SMILES string of the molecule is Cc1cc(C(N)=O)cc(C)c1Oc1ccncc1C(=O)O. The van der Waals surface area contributed by atoms with E-state index in [-0.39, 0.29) is 11.3 Å². The van der Waals surface area contributed by atoms with Crippen molar-refractivity contribution in [3.8, 4) is 11.5 Å². The first kappa shape index (κ1) is 14.5. The Bertz CT molecular complexity index is 702. The zero-order valence-corrected chi connectivity index (χ0v) is 11.6. The maximum absolute atomic E-state index is 11.2. The summed E-state index contributed by atoms with van der Waals surface area (Å²) in [6.45, 7) is 3.52. The third kappa shape index (κ3) is 3.00. The van der Waals surface area contributed by atoms with Gasteiger partial charge in [0.2, 0.25) is 5.91 Å². The minimum Gasteiger partial charge on any atom is -0.477 e. The lowest BCUT2D eigenvalue weighted by Crippen LogP contribution is -2.11. The number of pyridine rings is 1. The van der Waals surface area contributed by atoms with Crippen LogP contribution in [0.3, 0.4) is 0 Å². The van der Waals surface area contributed by atoms with Gasteiger partial charge >= 0.3 is 5.97 Å². The van der Waals surface area contributed by atoms with E-state index in [1.807, 2.05) is 0 Å². The number of carboxylic acid groups (broad SMARTS) is 1. The first-order valence-corrected chi connectivity index (χ1v) is 6.16. The molecule has 2 aromatic rings. The highest BCUT2D eigenvalue weighted by atomic mass is 16.5. The molecule has 0 aliphatic heterocycles. The number of ether oxygens (including phenoxy) is 1. The average Bonchev–Trinajstić information content (AvgIpc) is 2.42. The van der Waals surface area contributed by atoms with Gasteiger partial charge in [-0.25, -0.2) is 4.79 Å². The van der Waals surface area contributed by atoms with E-state index in [1.54, 1.807) is 26.0 Å². The van der Waals surface area contributed by atoms with Crippen molar-refractivity contribution in [2.45, 2.75) is 13.8 Å². The molecule has 0 aliphatic carbocycles. The number of hydrogen-bond donors (Lipinski definition) is 2. The van der Waals surface area contributed by atoms with Gasteiger partial charge in [0, 0.05) is 24.0 Å². The number of rotatable bonds is 4. The Balaban J connectivity index is 2.46. The highest BCUT2D eigenvalue weighted by Crippen LogP contribution is 2.31. The fourth-order valence-electron chi connectivity index (χ4n) is 1.99. The topological polar surface area (TPSA) is 103 Å². The minimum absolute atomic E-state index is 0.0322.